The Balaban J connectivity index is 3.85. The van der Waals surface area contributed by atoms with Gasteiger partial charge in [-0.05, 0) is 12.8 Å². The summed E-state index contributed by atoms with van der Waals surface area (Å²) in [7, 11) is -4.38. The molecule has 0 aromatic rings. The largest absolute Gasteiger partial charge is 0.472 e. The molecule has 9 nitrogen and oxygen atoms in total. The number of rotatable bonds is 56. The van der Waals surface area contributed by atoms with E-state index in [1.165, 1.54) is 250 Å². The molecule has 2 atom stereocenters. The van der Waals surface area contributed by atoms with Crippen LogP contribution in [0.5, 0.6) is 0 Å². The van der Waals surface area contributed by atoms with Gasteiger partial charge in [0, 0.05) is 19.4 Å². The maximum Gasteiger partial charge on any atom is 0.472 e. The molecular formula is C56H112NO8P. The van der Waals surface area contributed by atoms with Gasteiger partial charge in [-0.25, -0.2) is 4.57 Å². The van der Waals surface area contributed by atoms with Gasteiger partial charge in [-0.1, -0.05) is 290 Å². The summed E-state index contributed by atoms with van der Waals surface area (Å²) < 4.78 is 33.0. The van der Waals surface area contributed by atoms with E-state index in [1.54, 1.807) is 0 Å². The molecule has 3 N–H and O–H groups in total. The van der Waals surface area contributed by atoms with Crippen molar-refractivity contribution >= 4 is 19.8 Å². The smallest absolute Gasteiger partial charge is 0.462 e. The topological polar surface area (TPSA) is 134 Å². The standard InChI is InChI=1S/C56H112NO8P/c1-3-5-7-9-11-13-15-17-19-21-22-23-24-25-26-27-28-29-30-31-32-33-35-37-39-41-43-45-47-49-56(59)65-54(53-64-66(60,61)63-51-50-57)52-62-55(58)48-46-44-42-40-38-36-34-20-18-16-14-12-10-8-6-4-2/h54H,3-53,57H2,1-2H3,(H,60,61). The molecule has 0 saturated heterocycles. The highest BCUT2D eigenvalue weighted by Crippen LogP contribution is 2.43. The van der Waals surface area contributed by atoms with E-state index in [1.807, 2.05) is 0 Å². The maximum atomic E-state index is 12.7. The van der Waals surface area contributed by atoms with Crippen LogP contribution in [0.15, 0.2) is 0 Å². The minimum absolute atomic E-state index is 0.0585. The minimum Gasteiger partial charge on any atom is -0.462 e. The van der Waals surface area contributed by atoms with Crippen molar-refractivity contribution in [3.8, 4) is 0 Å². The van der Waals surface area contributed by atoms with Crippen LogP contribution in [0.4, 0.5) is 0 Å². The number of hydrogen-bond acceptors (Lipinski definition) is 8. The summed E-state index contributed by atoms with van der Waals surface area (Å²) in [5.41, 5.74) is 5.38. The molecule has 0 bridgehead atoms. The summed E-state index contributed by atoms with van der Waals surface area (Å²) >= 11 is 0. The zero-order valence-corrected chi connectivity index (χ0v) is 44.9. The fourth-order valence-electron chi connectivity index (χ4n) is 8.93. The van der Waals surface area contributed by atoms with E-state index in [0.29, 0.717) is 6.42 Å². The number of unbranched alkanes of at least 4 members (excludes halogenated alkanes) is 43. The van der Waals surface area contributed by atoms with E-state index >= 15 is 0 Å². The van der Waals surface area contributed by atoms with Gasteiger partial charge in [-0.3, -0.25) is 18.6 Å². The number of nitrogens with two attached hydrogens (primary N) is 1. The number of ether oxygens (including phenoxy) is 2. The van der Waals surface area contributed by atoms with Gasteiger partial charge < -0.3 is 20.1 Å². The molecule has 0 amide bonds. The Hall–Kier alpha value is -0.990. The molecule has 0 heterocycles. The first-order valence-electron chi connectivity index (χ1n) is 29.0. The third-order valence-corrected chi connectivity index (χ3v) is 14.2. The summed E-state index contributed by atoms with van der Waals surface area (Å²) in [6.45, 7) is 3.82. The Labute approximate surface area is 409 Å². The zero-order chi connectivity index (χ0) is 48.1. The number of phosphoric acid groups is 1. The highest BCUT2D eigenvalue weighted by molar-refractivity contribution is 7.47. The molecule has 0 radical (unpaired) electrons. The summed E-state index contributed by atoms with van der Waals surface area (Å²) in [5, 5.41) is 0. The van der Waals surface area contributed by atoms with Crippen molar-refractivity contribution in [2.45, 2.75) is 322 Å². The maximum absolute atomic E-state index is 12.7. The minimum atomic E-state index is -4.38. The van der Waals surface area contributed by atoms with Gasteiger partial charge in [0.2, 0.25) is 0 Å². The van der Waals surface area contributed by atoms with Crippen LogP contribution in [0.25, 0.3) is 0 Å². The van der Waals surface area contributed by atoms with Crippen LogP contribution in [0.2, 0.25) is 0 Å². The molecule has 0 saturated carbocycles. The molecule has 66 heavy (non-hydrogen) atoms. The van der Waals surface area contributed by atoms with Crippen molar-refractivity contribution in [3.63, 3.8) is 0 Å². The molecule has 394 valence electrons. The second kappa shape index (κ2) is 53.4. The third-order valence-electron chi connectivity index (χ3n) is 13.2. The fourth-order valence-corrected chi connectivity index (χ4v) is 9.70. The van der Waals surface area contributed by atoms with Crippen molar-refractivity contribution in [2.75, 3.05) is 26.4 Å². The second-order valence-electron chi connectivity index (χ2n) is 19.9. The predicted octanol–water partition coefficient (Wildman–Crippen LogP) is 17.9. The Morgan fingerprint density at radius 1 is 0.394 bits per heavy atom. The lowest BCUT2D eigenvalue weighted by atomic mass is 10.0. The van der Waals surface area contributed by atoms with Crippen LogP contribution in [0.1, 0.15) is 316 Å². The van der Waals surface area contributed by atoms with Crippen LogP contribution in [0.3, 0.4) is 0 Å². The summed E-state index contributed by atoms with van der Waals surface area (Å²) in [4.78, 5) is 35.1. The van der Waals surface area contributed by atoms with Crippen molar-refractivity contribution in [2.24, 2.45) is 5.73 Å². The monoisotopic (exact) mass is 958 g/mol. The fraction of sp³-hybridized carbons (Fsp3) is 0.964. The van der Waals surface area contributed by atoms with E-state index in [0.717, 1.165) is 32.1 Å². The Morgan fingerprint density at radius 3 is 0.924 bits per heavy atom. The lowest BCUT2D eigenvalue weighted by Crippen LogP contribution is -2.29. The van der Waals surface area contributed by atoms with Crippen molar-refractivity contribution in [1.82, 2.24) is 0 Å². The van der Waals surface area contributed by atoms with Crippen molar-refractivity contribution < 1.29 is 37.6 Å². The van der Waals surface area contributed by atoms with Gasteiger partial charge in [-0.15, -0.1) is 0 Å². The molecule has 0 aromatic carbocycles. The normalized spacial score (nSPS) is 13.0. The lowest BCUT2D eigenvalue weighted by Gasteiger charge is -2.19. The number of phosphoric ester groups is 1. The van der Waals surface area contributed by atoms with Gasteiger partial charge in [0.25, 0.3) is 0 Å². The van der Waals surface area contributed by atoms with Crippen molar-refractivity contribution in [3.05, 3.63) is 0 Å². The van der Waals surface area contributed by atoms with Gasteiger partial charge in [-0.2, -0.15) is 0 Å². The molecule has 2 unspecified atom stereocenters. The summed E-state index contributed by atoms with van der Waals surface area (Å²) in [6, 6.07) is 0. The lowest BCUT2D eigenvalue weighted by molar-refractivity contribution is -0.161. The number of esters is 2. The molecular weight excluding hydrogens is 846 g/mol. The van der Waals surface area contributed by atoms with Crippen LogP contribution >= 0.6 is 7.82 Å². The SMILES string of the molecule is CCCCCCCCCCCCCCCCCCCCCCCCCCCCCCCC(=O)OC(COC(=O)CCCCCCCCCCCCCCCCCC)COP(=O)(O)OCCN. The first kappa shape index (κ1) is 65.0. The summed E-state index contributed by atoms with van der Waals surface area (Å²) in [6.07, 6.45) is 58.8. The van der Waals surface area contributed by atoms with Crippen LogP contribution in [0, 0.1) is 0 Å². The van der Waals surface area contributed by atoms with Crippen LogP contribution in [-0.4, -0.2) is 49.3 Å². The molecule has 0 aliphatic heterocycles. The molecule has 0 aromatic heterocycles. The van der Waals surface area contributed by atoms with E-state index in [2.05, 4.69) is 13.8 Å². The third kappa shape index (κ3) is 52.4. The van der Waals surface area contributed by atoms with E-state index in [9.17, 15) is 19.0 Å². The average molecular weight is 958 g/mol. The Kier molecular flexibility index (Phi) is 52.6. The zero-order valence-electron chi connectivity index (χ0n) is 44.0. The van der Waals surface area contributed by atoms with Crippen LogP contribution in [-0.2, 0) is 32.7 Å². The molecule has 0 aliphatic rings. The number of carbonyl (C=O) groups excluding carboxylic acids is 2. The summed E-state index contributed by atoms with van der Waals surface area (Å²) in [5.74, 6) is -0.804. The molecule has 0 spiro atoms. The molecule has 0 rings (SSSR count). The van der Waals surface area contributed by atoms with Gasteiger partial charge in [0.1, 0.15) is 6.61 Å². The first-order chi connectivity index (χ1) is 32.3. The average Bonchev–Trinajstić information content (AvgIpc) is 3.31. The van der Waals surface area contributed by atoms with E-state index < -0.39 is 26.5 Å². The van der Waals surface area contributed by atoms with Crippen LogP contribution < -0.4 is 5.73 Å². The molecule has 10 heteroatoms. The van der Waals surface area contributed by atoms with Gasteiger partial charge in [0.05, 0.1) is 13.2 Å². The van der Waals surface area contributed by atoms with E-state index in [4.69, 9.17) is 24.3 Å². The molecule has 0 fully saturated rings. The predicted molar refractivity (Wildman–Crippen MR) is 280 cm³/mol. The quantitative estimate of drug-likeness (QED) is 0.0347. The molecule has 0 aliphatic carbocycles. The number of carbonyl (C=O) groups is 2. The number of hydrogen-bond donors (Lipinski definition) is 2. The Morgan fingerprint density at radius 2 is 0.652 bits per heavy atom. The second-order valence-corrected chi connectivity index (χ2v) is 21.3. The van der Waals surface area contributed by atoms with Gasteiger partial charge in [0.15, 0.2) is 6.10 Å². The van der Waals surface area contributed by atoms with Gasteiger partial charge >= 0.3 is 19.8 Å². The first-order valence-corrected chi connectivity index (χ1v) is 30.5. The Bertz CT molecular complexity index is 1050. The van der Waals surface area contributed by atoms with E-state index in [-0.39, 0.29) is 38.6 Å². The highest BCUT2D eigenvalue weighted by atomic mass is 31.2. The highest BCUT2D eigenvalue weighted by Gasteiger charge is 2.26. The van der Waals surface area contributed by atoms with Crippen molar-refractivity contribution in [1.29, 1.82) is 0 Å².